The van der Waals surface area contributed by atoms with Gasteiger partial charge in [0.1, 0.15) is 36.6 Å². The van der Waals surface area contributed by atoms with Gasteiger partial charge in [0.05, 0.1) is 25.4 Å². The number of aliphatic hydroxyl groups excluding tert-OH is 7. The first-order valence-corrected chi connectivity index (χ1v) is 35.4. The lowest BCUT2D eigenvalue weighted by molar-refractivity contribution is -0.303. The van der Waals surface area contributed by atoms with Gasteiger partial charge in [0.15, 0.2) is 6.29 Å². The van der Waals surface area contributed by atoms with Crippen LogP contribution in [0.5, 0.6) is 0 Å². The van der Waals surface area contributed by atoms with Gasteiger partial charge in [0.2, 0.25) is 5.91 Å². The summed E-state index contributed by atoms with van der Waals surface area (Å²) in [6.45, 7) is 3.53. The maximum Gasteiger partial charge on any atom is 0.249 e. The average molecular weight is 1140 g/mol. The average Bonchev–Trinajstić information content (AvgIpc) is 3.46. The van der Waals surface area contributed by atoms with E-state index in [4.69, 9.17) is 9.47 Å². The molecular weight excluding hydrogens is 1000 g/mol. The van der Waals surface area contributed by atoms with Crippen LogP contribution >= 0.6 is 0 Å². The molecule has 1 amide bonds. The van der Waals surface area contributed by atoms with E-state index in [-0.39, 0.29) is 6.42 Å². The molecule has 11 nitrogen and oxygen atoms in total. The summed E-state index contributed by atoms with van der Waals surface area (Å²) in [6, 6.07) is -1.16. The number of hydrogen-bond acceptors (Lipinski definition) is 10. The van der Waals surface area contributed by atoms with Crippen molar-refractivity contribution in [3.05, 3.63) is 0 Å². The fourth-order valence-corrected chi connectivity index (χ4v) is 12.0. The zero-order chi connectivity index (χ0) is 58.2. The molecule has 11 heteroatoms. The van der Waals surface area contributed by atoms with Gasteiger partial charge in [-0.1, -0.05) is 354 Å². The minimum absolute atomic E-state index is 0.268. The molecule has 0 aromatic rings. The maximum atomic E-state index is 13.3. The smallest absolute Gasteiger partial charge is 0.249 e. The van der Waals surface area contributed by atoms with Gasteiger partial charge in [-0.2, -0.15) is 0 Å². The SMILES string of the molecule is CCCCCCCCCCCCCCCCCCCCCCCCCCCCCCCCCC(O)C(=O)NC(COC1OC(CO)C(O)C(O)C1O)C(O)C(O)CCCCCCCCCCCCCCCCCCCCCCCC. The molecule has 0 radical (unpaired) electrons. The Kier molecular flexibility index (Phi) is 56.4. The standard InChI is InChI=1S/C69H137NO10/c1-3-5-7-9-11-13-15-17-19-21-23-25-27-28-29-30-31-32-33-34-35-37-39-41-43-45-47-49-51-53-55-57-62(73)68(78)70-60(59-79-69-67(77)66(76)65(75)63(58-71)80-69)64(74)61(72)56-54-52-50-48-46-44-42-40-38-36-26-24-22-20-18-16-14-12-10-8-6-4-2/h60-67,69,71-77H,3-59H2,1-2H3,(H,70,78). The number of carbonyl (C=O) groups excluding carboxylic acids is 1. The van der Waals surface area contributed by atoms with Gasteiger partial charge in [-0.25, -0.2) is 0 Å². The molecule has 0 aromatic heterocycles. The third-order valence-corrected chi connectivity index (χ3v) is 17.7. The Morgan fingerprint density at radius 3 is 0.925 bits per heavy atom. The number of hydrogen-bond donors (Lipinski definition) is 8. The van der Waals surface area contributed by atoms with Crippen LogP contribution in [0.25, 0.3) is 0 Å². The Labute approximate surface area is 494 Å². The van der Waals surface area contributed by atoms with E-state index in [1.165, 1.54) is 289 Å². The molecular formula is C69H137NO10. The Bertz CT molecular complexity index is 1260. The predicted molar refractivity (Wildman–Crippen MR) is 335 cm³/mol. The predicted octanol–water partition coefficient (Wildman–Crippen LogP) is 16.9. The van der Waals surface area contributed by atoms with Crippen LogP contribution in [0.4, 0.5) is 0 Å². The summed E-state index contributed by atoms with van der Waals surface area (Å²) in [6.07, 6.45) is 59.0. The monoisotopic (exact) mass is 1140 g/mol. The van der Waals surface area contributed by atoms with Crippen molar-refractivity contribution >= 4 is 5.91 Å². The fraction of sp³-hybridized carbons (Fsp3) is 0.986. The quantitative estimate of drug-likeness (QED) is 0.0272. The maximum absolute atomic E-state index is 13.3. The highest BCUT2D eigenvalue weighted by Crippen LogP contribution is 2.24. The summed E-state index contributed by atoms with van der Waals surface area (Å²) in [7, 11) is 0. The van der Waals surface area contributed by atoms with Crippen LogP contribution in [0.1, 0.15) is 367 Å². The van der Waals surface area contributed by atoms with E-state index in [0.717, 1.165) is 38.5 Å². The Balaban J connectivity index is 2.17. The molecule has 1 fully saturated rings. The summed E-state index contributed by atoms with van der Waals surface area (Å²) >= 11 is 0. The van der Waals surface area contributed by atoms with Gasteiger partial charge in [0, 0.05) is 0 Å². The van der Waals surface area contributed by atoms with Gasteiger partial charge < -0.3 is 50.5 Å². The summed E-state index contributed by atoms with van der Waals surface area (Å²) in [5, 5.41) is 76.5. The number of aliphatic hydroxyl groups is 7. The molecule has 1 saturated heterocycles. The Hall–Kier alpha value is -0.890. The van der Waals surface area contributed by atoms with Crippen LogP contribution < -0.4 is 5.32 Å². The molecule has 1 aliphatic heterocycles. The molecule has 8 N–H and O–H groups in total. The lowest BCUT2D eigenvalue weighted by Crippen LogP contribution is -2.60. The van der Waals surface area contributed by atoms with Crippen molar-refractivity contribution in [1.82, 2.24) is 5.32 Å². The first kappa shape index (κ1) is 77.1. The summed E-state index contributed by atoms with van der Waals surface area (Å²) in [5.41, 5.74) is 0. The minimum Gasteiger partial charge on any atom is -0.394 e. The van der Waals surface area contributed by atoms with Gasteiger partial charge in [-0.15, -0.1) is 0 Å². The first-order valence-electron chi connectivity index (χ1n) is 35.4. The second-order valence-electron chi connectivity index (χ2n) is 25.3. The van der Waals surface area contributed by atoms with Crippen molar-refractivity contribution in [2.75, 3.05) is 13.2 Å². The van der Waals surface area contributed by atoms with Gasteiger partial charge in [-0.05, 0) is 12.8 Å². The molecule has 1 rings (SSSR count). The highest BCUT2D eigenvalue weighted by molar-refractivity contribution is 5.80. The highest BCUT2D eigenvalue weighted by Gasteiger charge is 2.44. The molecule has 478 valence electrons. The van der Waals surface area contributed by atoms with E-state index in [1.807, 2.05) is 0 Å². The topological polar surface area (TPSA) is 189 Å². The number of ether oxygens (including phenoxy) is 2. The number of amides is 1. The van der Waals surface area contributed by atoms with Crippen molar-refractivity contribution in [1.29, 1.82) is 0 Å². The van der Waals surface area contributed by atoms with E-state index in [9.17, 15) is 40.5 Å². The van der Waals surface area contributed by atoms with Crippen LogP contribution in [0.3, 0.4) is 0 Å². The van der Waals surface area contributed by atoms with Crippen molar-refractivity contribution in [3.8, 4) is 0 Å². The van der Waals surface area contributed by atoms with Gasteiger partial charge >= 0.3 is 0 Å². The van der Waals surface area contributed by atoms with Crippen molar-refractivity contribution in [2.45, 2.75) is 422 Å². The minimum atomic E-state index is -1.66. The van der Waals surface area contributed by atoms with Crippen molar-refractivity contribution in [2.24, 2.45) is 0 Å². The highest BCUT2D eigenvalue weighted by atomic mass is 16.7. The fourth-order valence-electron chi connectivity index (χ4n) is 12.0. The third-order valence-electron chi connectivity index (χ3n) is 17.7. The number of rotatable bonds is 63. The molecule has 0 aromatic carbocycles. The third kappa shape index (κ3) is 45.5. The number of nitrogens with one attached hydrogen (secondary N) is 1. The van der Waals surface area contributed by atoms with Crippen LogP contribution in [0.2, 0.25) is 0 Å². The van der Waals surface area contributed by atoms with E-state index in [1.54, 1.807) is 0 Å². The number of carbonyl (C=O) groups is 1. The second kappa shape index (κ2) is 58.5. The lowest BCUT2D eigenvalue weighted by Gasteiger charge is -2.40. The molecule has 9 unspecified atom stereocenters. The molecule has 9 atom stereocenters. The zero-order valence-corrected chi connectivity index (χ0v) is 52.9. The molecule has 0 saturated carbocycles. The van der Waals surface area contributed by atoms with Gasteiger partial charge in [-0.3, -0.25) is 4.79 Å². The van der Waals surface area contributed by atoms with Crippen molar-refractivity contribution in [3.63, 3.8) is 0 Å². The zero-order valence-electron chi connectivity index (χ0n) is 52.9. The molecule has 0 spiro atoms. The van der Waals surface area contributed by atoms with E-state index < -0.39 is 74.2 Å². The van der Waals surface area contributed by atoms with E-state index in [0.29, 0.717) is 19.3 Å². The molecule has 0 bridgehead atoms. The number of unbranched alkanes of at least 4 members (excludes halogenated alkanes) is 51. The van der Waals surface area contributed by atoms with Crippen LogP contribution in [-0.2, 0) is 14.3 Å². The van der Waals surface area contributed by atoms with Crippen molar-refractivity contribution < 1.29 is 50.0 Å². The Morgan fingerprint density at radius 1 is 0.388 bits per heavy atom. The molecule has 1 heterocycles. The summed E-state index contributed by atoms with van der Waals surface area (Å²) in [4.78, 5) is 13.3. The summed E-state index contributed by atoms with van der Waals surface area (Å²) < 4.78 is 11.2. The second-order valence-corrected chi connectivity index (χ2v) is 25.3. The van der Waals surface area contributed by atoms with Gasteiger partial charge in [0.25, 0.3) is 0 Å². The van der Waals surface area contributed by atoms with Crippen LogP contribution in [0.15, 0.2) is 0 Å². The Morgan fingerprint density at radius 2 is 0.650 bits per heavy atom. The largest absolute Gasteiger partial charge is 0.394 e. The van der Waals surface area contributed by atoms with E-state index in [2.05, 4.69) is 19.2 Å². The first-order chi connectivity index (χ1) is 39.2. The van der Waals surface area contributed by atoms with Crippen LogP contribution in [0, 0.1) is 0 Å². The lowest BCUT2D eigenvalue weighted by atomic mass is 9.98. The van der Waals surface area contributed by atoms with Crippen LogP contribution in [-0.4, -0.2) is 110 Å². The molecule has 0 aliphatic carbocycles. The summed E-state index contributed by atoms with van der Waals surface area (Å²) in [5.74, 6) is -0.687. The molecule has 80 heavy (non-hydrogen) atoms. The molecule has 1 aliphatic rings. The normalized spacial score (nSPS) is 19.1. The van der Waals surface area contributed by atoms with E-state index >= 15 is 0 Å².